The van der Waals surface area contributed by atoms with E-state index in [4.69, 9.17) is 20.9 Å². The molecule has 0 saturated heterocycles. The molecule has 1 heterocycles. The quantitative estimate of drug-likeness (QED) is 0.694. The minimum Gasteiger partial charge on any atom is -0.478 e. The number of hydrogen-bond acceptors (Lipinski definition) is 5. The summed E-state index contributed by atoms with van der Waals surface area (Å²) < 4.78 is 24.3. The minimum absolute atomic E-state index is 0.00413. The summed E-state index contributed by atoms with van der Waals surface area (Å²) in [6.45, 7) is 1.75. The molecule has 0 aliphatic heterocycles. The Morgan fingerprint density at radius 3 is 2.69 bits per heavy atom. The molecule has 1 atom stereocenters. The summed E-state index contributed by atoms with van der Waals surface area (Å²) in [5.74, 6) is -0.803. The second-order valence-corrected chi connectivity index (χ2v) is 5.80. The summed E-state index contributed by atoms with van der Waals surface area (Å²) in [5.41, 5.74) is 0.664. The van der Waals surface area contributed by atoms with Crippen molar-refractivity contribution < 1.29 is 18.4 Å². The second kappa shape index (κ2) is 7.97. The highest BCUT2D eigenvalue weighted by atomic mass is 35.5. The summed E-state index contributed by atoms with van der Waals surface area (Å²) in [4.78, 5) is 16.5. The van der Waals surface area contributed by atoms with Crippen LogP contribution >= 0.6 is 11.6 Å². The zero-order valence-electron chi connectivity index (χ0n) is 13.8. The van der Waals surface area contributed by atoms with E-state index in [9.17, 15) is 9.18 Å². The molecule has 0 radical (unpaired) electrons. The van der Waals surface area contributed by atoms with Crippen molar-refractivity contribution in [2.45, 2.75) is 19.4 Å². The van der Waals surface area contributed by atoms with Crippen molar-refractivity contribution in [1.82, 2.24) is 10.1 Å². The van der Waals surface area contributed by atoms with E-state index >= 15 is 0 Å². The number of anilines is 1. The molecule has 1 amide bonds. The number of ether oxygens (including phenoxy) is 1. The Bertz CT molecular complexity index is 899. The maximum Gasteiger partial charge on any atom is 0.270 e. The van der Waals surface area contributed by atoms with Gasteiger partial charge in [0, 0.05) is 10.6 Å². The summed E-state index contributed by atoms with van der Waals surface area (Å²) in [6.07, 6.45) is -0.563. The fourth-order valence-corrected chi connectivity index (χ4v) is 2.32. The topological polar surface area (TPSA) is 77.2 Å². The molecule has 0 aliphatic carbocycles. The molecule has 0 fully saturated rings. The van der Waals surface area contributed by atoms with Crippen LogP contribution in [0.25, 0.3) is 11.5 Å². The molecule has 0 spiro atoms. The second-order valence-electron chi connectivity index (χ2n) is 5.36. The molecule has 1 aromatic heterocycles. The van der Waals surface area contributed by atoms with E-state index in [1.54, 1.807) is 43.3 Å². The lowest BCUT2D eigenvalue weighted by atomic mass is 10.2. The Labute approximate surface area is 153 Å². The monoisotopic (exact) mass is 375 g/mol. The first-order chi connectivity index (χ1) is 12.6. The SMILES string of the molecule is CC[C@H](Oc1ccccc1F)C(=O)Nc1noc(-c2ccc(Cl)cc2)n1. The maximum absolute atomic E-state index is 13.7. The van der Waals surface area contributed by atoms with Gasteiger partial charge in [0.2, 0.25) is 0 Å². The highest BCUT2D eigenvalue weighted by Gasteiger charge is 2.22. The van der Waals surface area contributed by atoms with Crippen molar-refractivity contribution in [2.75, 3.05) is 5.32 Å². The number of aromatic nitrogens is 2. The molecule has 0 bridgehead atoms. The van der Waals surface area contributed by atoms with Crippen molar-refractivity contribution in [1.29, 1.82) is 0 Å². The minimum atomic E-state index is -0.899. The lowest BCUT2D eigenvalue weighted by Crippen LogP contribution is -2.33. The largest absolute Gasteiger partial charge is 0.478 e. The van der Waals surface area contributed by atoms with Crippen LogP contribution < -0.4 is 10.1 Å². The van der Waals surface area contributed by atoms with E-state index in [0.717, 1.165) is 0 Å². The van der Waals surface area contributed by atoms with Gasteiger partial charge in [0.1, 0.15) is 0 Å². The van der Waals surface area contributed by atoms with E-state index in [0.29, 0.717) is 17.0 Å². The molecule has 8 heteroatoms. The predicted octanol–water partition coefficient (Wildman–Crippen LogP) is 4.33. The lowest BCUT2D eigenvalue weighted by molar-refractivity contribution is -0.123. The summed E-state index contributed by atoms with van der Waals surface area (Å²) in [7, 11) is 0. The van der Waals surface area contributed by atoms with Crippen molar-refractivity contribution in [3.63, 3.8) is 0 Å². The lowest BCUT2D eigenvalue weighted by Gasteiger charge is -2.16. The van der Waals surface area contributed by atoms with Crippen LogP contribution in [0.3, 0.4) is 0 Å². The highest BCUT2D eigenvalue weighted by Crippen LogP contribution is 2.22. The fourth-order valence-electron chi connectivity index (χ4n) is 2.19. The Balaban J connectivity index is 1.68. The van der Waals surface area contributed by atoms with Crippen LogP contribution in [-0.4, -0.2) is 22.2 Å². The molecular formula is C18H15ClFN3O3. The number of para-hydroxylation sites is 1. The van der Waals surface area contributed by atoms with Crippen LogP contribution in [0.2, 0.25) is 5.02 Å². The molecule has 2 aromatic carbocycles. The highest BCUT2D eigenvalue weighted by molar-refractivity contribution is 6.30. The van der Waals surface area contributed by atoms with Gasteiger partial charge in [-0.1, -0.05) is 30.7 Å². The Morgan fingerprint density at radius 1 is 1.27 bits per heavy atom. The first-order valence-corrected chi connectivity index (χ1v) is 8.26. The van der Waals surface area contributed by atoms with Crippen molar-refractivity contribution in [2.24, 2.45) is 0 Å². The number of amides is 1. The number of benzene rings is 2. The molecule has 134 valence electrons. The standard InChI is InChI=1S/C18H15ClFN3O3/c1-2-14(25-15-6-4-3-5-13(15)20)16(24)21-18-22-17(26-23-18)11-7-9-12(19)10-8-11/h3-10,14H,2H2,1H3,(H,21,23,24)/t14-/m0/s1. The van der Waals surface area contributed by atoms with Gasteiger partial charge < -0.3 is 9.26 Å². The van der Waals surface area contributed by atoms with Gasteiger partial charge in [-0.15, -0.1) is 0 Å². The third kappa shape index (κ3) is 4.18. The van der Waals surface area contributed by atoms with Crippen molar-refractivity contribution in [3.05, 3.63) is 59.4 Å². The molecule has 1 N–H and O–H groups in total. The number of rotatable bonds is 6. The maximum atomic E-state index is 13.7. The van der Waals surface area contributed by atoms with Gasteiger partial charge in [-0.05, 0) is 48.0 Å². The molecule has 6 nitrogen and oxygen atoms in total. The number of nitrogens with one attached hydrogen (secondary N) is 1. The first-order valence-electron chi connectivity index (χ1n) is 7.88. The van der Waals surface area contributed by atoms with E-state index in [1.165, 1.54) is 12.1 Å². The average Bonchev–Trinajstić information content (AvgIpc) is 3.10. The zero-order chi connectivity index (χ0) is 18.5. The summed E-state index contributed by atoms with van der Waals surface area (Å²) >= 11 is 5.84. The Kier molecular flexibility index (Phi) is 5.48. The van der Waals surface area contributed by atoms with E-state index in [-0.39, 0.29) is 17.6 Å². The molecule has 3 rings (SSSR count). The average molecular weight is 376 g/mol. The summed E-state index contributed by atoms with van der Waals surface area (Å²) in [6, 6.07) is 12.7. The number of carbonyl (C=O) groups is 1. The number of hydrogen-bond donors (Lipinski definition) is 1. The molecule has 0 saturated carbocycles. The molecule has 0 aliphatic rings. The van der Waals surface area contributed by atoms with Gasteiger partial charge >= 0.3 is 0 Å². The van der Waals surface area contributed by atoms with Gasteiger partial charge in [0.15, 0.2) is 17.7 Å². The van der Waals surface area contributed by atoms with Crippen LogP contribution in [0.1, 0.15) is 13.3 Å². The number of nitrogens with zero attached hydrogens (tertiary/aromatic N) is 2. The summed E-state index contributed by atoms with van der Waals surface area (Å²) in [5, 5.41) is 6.80. The van der Waals surface area contributed by atoms with Gasteiger partial charge in [-0.25, -0.2) is 4.39 Å². The Hall–Kier alpha value is -2.93. The molecule has 26 heavy (non-hydrogen) atoms. The zero-order valence-corrected chi connectivity index (χ0v) is 14.5. The number of halogens is 2. The fraction of sp³-hybridized carbons (Fsp3) is 0.167. The third-order valence-electron chi connectivity index (χ3n) is 3.52. The third-order valence-corrected chi connectivity index (χ3v) is 3.77. The van der Waals surface area contributed by atoms with Gasteiger partial charge in [-0.2, -0.15) is 4.98 Å². The first kappa shape index (κ1) is 17.9. The van der Waals surface area contributed by atoms with Crippen molar-refractivity contribution in [3.8, 4) is 17.2 Å². The van der Waals surface area contributed by atoms with Gasteiger partial charge in [0.25, 0.3) is 17.7 Å². The van der Waals surface area contributed by atoms with Crippen molar-refractivity contribution >= 4 is 23.5 Å². The van der Waals surface area contributed by atoms with E-state index in [2.05, 4.69) is 15.5 Å². The van der Waals surface area contributed by atoms with Crippen LogP contribution in [-0.2, 0) is 4.79 Å². The van der Waals surface area contributed by atoms with Gasteiger partial charge in [-0.3, -0.25) is 10.1 Å². The van der Waals surface area contributed by atoms with E-state index < -0.39 is 17.8 Å². The predicted molar refractivity (Wildman–Crippen MR) is 94.5 cm³/mol. The molecular weight excluding hydrogens is 361 g/mol. The normalized spacial score (nSPS) is 11.8. The smallest absolute Gasteiger partial charge is 0.270 e. The molecule has 3 aromatic rings. The van der Waals surface area contributed by atoms with Gasteiger partial charge in [0.05, 0.1) is 0 Å². The van der Waals surface area contributed by atoms with Crippen LogP contribution in [0, 0.1) is 5.82 Å². The van der Waals surface area contributed by atoms with E-state index in [1.807, 2.05) is 0 Å². The molecule has 0 unspecified atom stereocenters. The van der Waals surface area contributed by atoms with Crippen LogP contribution in [0.5, 0.6) is 5.75 Å². The number of carbonyl (C=O) groups excluding carboxylic acids is 1. The Morgan fingerprint density at radius 2 is 2.00 bits per heavy atom. The van der Waals surface area contributed by atoms with Crippen LogP contribution in [0.4, 0.5) is 10.3 Å². The van der Waals surface area contributed by atoms with Crippen LogP contribution in [0.15, 0.2) is 53.1 Å².